The topological polar surface area (TPSA) is 165 Å². The Hall–Kier alpha value is -2.08. The van der Waals surface area contributed by atoms with Crippen LogP contribution in [0.15, 0.2) is 11.1 Å². The maximum atomic E-state index is 14.6. The van der Waals surface area contributed by atoms with Gasteiger partial charge in [0.25, 0.3) is 5.56 Å². The fraction of sp³-hybridized carbons (Fsp3) is 0.545. The second-order valence-electron chi connectivity index (χ2n) is 4.73. The Balaban J connectivity index is 2.45. The van der Waals surface area contributed by atoms with Crippen molar-refractivity contribution in [2.75, 3.05) is 19.5 Å². The maximum absolute atomic E-state index is 14.6. The number of rotatable bonds is 6. The van der Waals surface area contributed by atoms with Crippen LogP contribution in [0.3, 0.4) is 0 Å². The molecule has 0 saturated carbocycles. The summed E-state index contributed by atoms with van der Waals surface area (Å²) in [5, 5.41) is 19.1. The van der Waals surface area contributed by atoms with E-state index in [0.717, 1.165) is 10.9 Å². The number of nitrogens with one attached hydrogen (secondary N) is 1. The van der Waals surface area contributed by atoms with Crippen molar-refractivity contribution in [2.45, 2.75) is 24.5 Å². The van der Waals surface area contributed by atoms with E-state index >= 15 is 0 Å². The molecule has 22 heavy (non-hydrogen) atoms. The summed E-state index contributed by atoms with van der Waals surface area (Å²) in [6, 6.07) is 0. The summed E-state index contributed by atoms with van der Waals surface area (Å²) in [4.78, 5) is 21.4. The van der Waals surface area contributed by atoms with Gasteiger partial charge < -0.3 is 26.4 Å². The van der Waals surface area contributed by atoms with Gasteiger partial charge in [0.1, 0.15) is 11.8 Å². The van der Waals surface area contributed by atoms with Crippen LogP contribution in [0.2, 0.25) is 0 Å². The van der Waals surface area contributed by atoms with Gasteiger partial charge in [0, 0.05) is 20.1 Å². The van der Waals surface area contributed by atoms with Gasteiger partial charge in [-0.25, -0.2) is 9.37 Å². The number of nitrogen functional groups attached to an aromatic ring is 1. The Morgan fingerprint density at radius 3 is 2.91 bits per heavy atom. The van der Waals surface area contributed by atoms with Crippen LogP contribution in [-0.2, 0) is 4.74 Å². The number of anilines is 1. The van der Waals surface area contributed by atoms with Gasteiger partial charge in [-0.3, -0.25) is 14.3 Å². The lowest BCUT2D eigenvalue weighted by Gasteiger charge is -2.34. The van der Waals surface area contributed by atoms with Crippen LogP contribution >= 0.6 is 0 Å². The van der Waals surface area contributed by atoms with E-state index in [0.29, 0.717) is 0 Å². The number of methoxy groups -OCH3 is 1. The van der Waals surface area contributed by atoms with E-state index in [4.69, 9.17) is 21.3 Å². The monoisotopic (exact) mass is 316 g/mol. The number of H-pyrrole nitrogens is 1. The molecular weight excluding hydrogens is 299 g/mol. The minimum Gasteiger partial charge on any atom is -0.396 e. The molecule has 0 unspecified atom stereocenters. The normalized spacial score (nSPS) is 17.3. The number of imidazole rings is 1. The number of aromatic nitrogens is 4. The number of alkyl halides is 1. The Morgan fingerprint density at radius 1 is 1.64 bits per heavy atom. The lowest BCUT2D eigenvalue weighted by Crippen LogP contribution is -2.55. The van der Waals surface area contributed by atoms with Crippen LogP contribution in [0.1, 0.15) is 12.7 Å². The van der Waals surface area contributed by atoms with Crippen LogP contribution < -0.4 is 17.0 Å². The van der Waals surface area contributed by atoms with Crippen molar-refractivity contribution in [3.05, 3.63) is 16.7 Å². The zero-order valence-corrected chi connectivity index (χ0v) is 11.7. The summed E-state index contributed by atoms with van der Waals surface area (Å²) in [6.07, 6.45) is -3.16. The third-order valence-corrected chi connectivity index (χ3v) is 3.36. The summed E-state index contributed by atoms with van der Waals surface area (Å²) in [7, 11) is 1.18. The average Bonchev–Trinajstić information content (AvgIpc) is 2.89. The minimum atomic E-state index is -2.12. The molecule has 10 nitrogen and oxygen atoms in total. The SMILES string of the molecule is CO[C@](N)(CCO)[C@@H](O)[C@@H](F)n1cnc2c(=O)[nH]c(N)nc21. The molecule has 2 aromatic heterocycles. The molecule has 0 aliphatic rings. The fourth-order valence-corrected chi connectivity index (χ4v) is 2.05. The molecule has 2 rings (SSSR count). The van der Waals surface area contributed by atoms with Gasteiger partial charge in [0.05, 0.1) is 6.33 Å². The summed E-state index contributed by atoms with van der Waals surface area (Å²) < 4.78 is 20.3. The van der Waals surface area contributed by atoms with E-state index < -0.39 is 30.3 Å². The first-order chi connectivity index (χ1) is 10.3. The number of halogens is 1. The van der Waals surface area contributed by atoms with Gasteiger partial charge in [-0.1, -0.05) is 0 Å². The summed E-state index contributed by atoms with van der Waals surface area (Å²) in [5.41, 5.74) is 8.42. The second-order valence-corrected chi connectivity index (χ2v) is 4.73. The summed E-state index contributed by atoms with van der Waals surface area (Å²) >= 11 is 0. The summed E-state index contributed by atoms with van der Waals surface area (Å²) in [5.74, 6) is -0.220. The molecule has 3 atom stereocenters. The van der Waals surface area contributed by atoms with Crippen LogP contribution in [0.5, 0.6) is 0 Å². The summed E-state index contributed by atoms with van der Waals surface area (Å²) in [6.45, 7) is -0.413. The number of aromatic amines is 1. The van der Waals surface area contributed by atoms with E-state index in [-0.39, 0.29) is 23.5 Å². The van der Waals surface area contributed by atoms with Crippen molar-refractivity contribution in [1.29, 1.82) is 0 Å². The van der Waals surface area contributed by atoms with Gasteiger partial charge in [0.15, 0.2) is 11.2 Å². The average molecular weight is 316 g/mol. The van der Waals surface area contributed by atoms with Gasteiger partial charge >= 0.3 is 0 Å². The van der Waals surface area contributed by atoms with E-state index in [1.165, 1.54) is 7.11 Å². The number of aliphatic hydroxyl groups excluding tert-OH is 2. The molecule has 0 fully saturated rings. The zero-order valence-electron chi connectivity index (χ0n) is 11.7. The molecule has 2 aromatic rings. The standard InChI is InChI=1S/C11H17FN6O4/c1-22-11(14,2-3-19)6(20)7(12)18-4-15-5-8(18)16-10(13)17-9(5)21/h4,6-7,19-20H,2-3,14H2,1H3,(H3,13,16,17,21)/t6-,7-,11+/m0/s1. The molecule has 0 spiro atoms. The van der Waals surface area contributed by atoms with E-state index in [9.17, 15) is 14.3 Å². The van der Waals surface area contributed by atoms with E-state index in [1.54, 1.807) is 0 Å². The predicted octanol–water partition coefficient (Wildman–Crippen LogP) is -1.79. The largest absolute Gasteiger partial charge is 0.396 e. The Labute approximate surface area is 123 Å². The highest BCUT2D eigenvalue weighted by Crippen LogP contribution is 2.26. The number of nitrogens with zero attached hydrogens (tertiary/aromatic N) is 3. The minimum absolute atomic E-state index is 0.133. The Bertz CT molecular complexity index is 718. The highest BCUT2D eigenvalue weighted by molar-refractivity contribution is 5.70. The molecule has 0 saturated heterocycles. The highest BCUT2D eigenvalue weighted by Gasteiger charge is 2.40. The lowest BCUT2D eigenvalue weighted by atomic mass is 10.0. The van der Waals surface area contributed by atoms with E-state index in [2.05, 4.69) is 15.0 Å². The molecule has 122 valence electrons. The lowest BCUT2D eigenvalue weighted by molar-refractivity contribution is -0.148. The first-order valence-corrected chi connectivity index (χ1v) is 6.33. The first kappa shape index (κ1) is 16.3. The fourth-order valence-electron chi connectivity index (χ4n) is 2.05. The molecule has 11 heteroatoms. The number of aliphatic hydroxyl groups is 2. The highest BCUT2D eigenvalue weighted by atomic mass is 19.1. The molecule has 0 radical (unpaired) electrons. The van der Waals surface area contributed by atoms with Crippen LogP contribution in [-0.4, -0.2) is 55.3 Å². The number of hydrogen-bond acceptors (Lipinski definition) is 8. The maximum Gasteiger partial charge on any atom is 0.280 e. The van der Waals surface area contributed by atoms with Crippen LogP contribution in [0.25, 0.3) is 11.2 Å². The van der Waals surface area contributed by atoms with Crippen molar-refractivity contribution >= 4 is 17.1 Å². The molecule has 0 bridgehead atoms. The molecule has 0 amide bonds. The predicted molar refractivity (Wildman–Crippen MR) is 74.3 cm³/mol. The van der Waals surface area contributed by atoms with Crippen molar-refractivity contribution in [1.82, 2.24) is 19.5 Å². The number of fused-ring (bicyclic) bond motifs is 1. The van der Waals surface area contributed by atoms with Crippen molar-refractivity contribution < 1.29 is 19.3 Å². The second kappa shape index (κ2) is 5.96. The molecule has 0 aliphatic carbocycles. The number of nitrogens with two attached hydrogens (primary N) is 2. The first-order valence-electron chi connectivity index (χ1n) is 6.33. The van der Waals surface area contributed by atoms with Crippen LogP contribution in [0.4, 0.5) is 10.3 Å². The van der Waals surface area contributed by atoms with Gasteiger partial charge in [-0.2, -0.15) is 4.98 Å². The molecule has 2 heterocycles. The number of ether oxygens (including phenoxy) is 1. The number of hydrogen-bond donors (Lipinski definition) is 5. The Kier molecular flexibility index (Phi) is 4.42. The molecule has 0 aromatic carbocycles. The Morgan fingerprint density at radius 2 is 2.32 bits per heavy atom. The van der Waals surface area contributed by atoms with Crippen LogP contribution in [0, 0.1) is 0 Å². The smallest absolute Gasteiger partial charge is 0.280 e. The third kappa shape index (κ3) is 2.66. The third-order valence-electron chi connectivity index (χ3n) is 3.36. The zero-order chi connectivity index (χ0) is 16.5. The quantitative estimate of drug-likeness (QED) is 0.390. The molecular formula is C11H17FN6O4. The van der Waals surface area contributed by atoms with Crippen molar-refractivity contribution in [3.63, 3.8) is 0 Å². The molecule has 7 N–H and O–H groups in total. The van der Waals surface area contributed by atoms with Crippen molar-refractivity contribution in [3.8, 4) is 0 Å². The molecule has 0 aliphatic heterocycles. The van der Waals surface area contributed by atoms with Gasteiger partial charge in [-0.05, 0) is 0 Å². The van der Waals surface area contributed by atoms with Gasteiger partial charge in [0.2, 0.25) is 12.2 Å². The van der Waals surface area contributed by atoms with Gasteiger partial charge in [-0.15, -0.1) is 0 Å². The van der Waals surface area contributed by atoms with E-state index in [1.807, 2.05) is 0 Å². The van der Waals surface area contributed by atoms with Crippen molar-refractivity contribution in [2.24, 2.45) is 5.73 Å².